The Morgan fingerprint density at radius 2 is 1.64 bits per heavy atom. The zero-order chi connectivity index (χ0) is 8.70. The summed E-state index contributed by atoms with van der Waals surface area (Å²) in [5, 5.41) is 0. The van der Waals surface area contributed by atoms with Crippen molar-refractivity contribution in [3.05, 3.63) is 0 Å². The van der Waals surface area contributed by atoms with Gasteiger partial charge in [-0.15, -0.1) is 0 Å². The quantitative estimate of drug-likeness (QED) is 0.524. The van der Waals surface area contributed by atoms with Crippen molar-refractivity contribution in [3.8, 4) is 0 Å². The first-order valence-electron chi connectivity index (χ1n) is 4.47. The van der Waals surface area contributed by atoms with Crippen LogP contribution in [-0.2, 0) is 4.74 Å². The van der Waals surface area contributed by atoms with E-state index in [0.29, 0.717) is 16.9 Å². The second kappa shape index (κ2) is 2.48. The Hall–Kier alpha value is -0.0400. The van der Waals surface area contributed by atoms with Crippen LogP contribution in [0.4, 0.5) is 0 Å². The van der Waals surface area contributed by atoms with E-state index in [2.05, 4.69) is 34.6 Å². The fourth-order valence-electron chi connectivity index (χ4n) is 1.60. The van der Waals surface area contributed by atoms with Crippen molar-refractivity contribution >= 4 is 0 Å². The smallest absolute Gasteiger partial charge is 0.0552 e. The third-order valence-corrected chi connectivity index (χ3v) is 3.36. The van der Waals surface area contributed by atoms with E-state index in [1.807, 2.05) is 0 Å². The number of hydrogen-bond donors (Lipinski definition) is 0. The second-order valence-corrected chi connectivity index (χ2v) is 5.09. The Kier molecular flexibility index (Phi) is 2.04. The van der Waals surface area contributed by atoms with Crippen molar-refractivity contribution in [1.82, 2.24) is 0 Å². The maximum Gasteiger partial charge on any atom is 0.0552 e. The average Bonchev–Trinajstić information content (AvgIpc) is 1.80. The summed E-state index contributed by atoms with van der Waals surface area (Å²) in [6.07, 6.45) is 1.62. The van der Waals surface area contributed by atoms with Gasteiger partial charge in [-0.3, -0.25) is 0 Å². The molecule has 0 aromatic heterocycles. The van der Waals surface area contributed by atoms with Gasteiger partial charge in [0.05, 0.1) is 12.7 Å². The molecular formula is C10H20O. The van der Waals surface area contributed by atoms with E-state index >= 15 is 0 Å². The van der Waals surface area contributed by atoms with Crippen LogP contribution in [0.1, 0.15) is 41.0 Å². The van der Waals surface area contributed by atoms with Crippen molar-refractivity contribution in [3.63, 3.8) is 0 Å². The third-order valence-electron chi connectivity index (χ3n) is 3.36. The monoisotopic (exact) mass is 156 g/mol. The lowest BCUT2D eigenvalue weighted by atomic mass is 9.64. The molecule has 66 valence electrons. The van der Waals surface area contributed by atoms with Gasteiger partial charge in [-0.25, -0.2) is 0 Å². The summed E-state index contributed by atoms with van der Waals surface area (Å²) in [6, 6.07) is 0. The van der Waals surface area contributed by atoms with E-state index in [1.165, 1.54) is 6.42 Å². The number of ether oxygens (including phenoxy) is 1. The Bertz CT molecular complexity index is 147. The SMILES string of the molecule is CC1CC(C)(C)C(C)(C)CO1. The molecule has 0 saturated carbocycles. The summed E-state index contributed by atoms with van der Waals surface area (Å²) in [6.45, 7) is 12.3. The van der Waals surface area contributed by atoms with E-state index in [0.717, 1.165) is 6.61 Å². The molecule has 0 radical (unpaired) electrons. The van der Waals surface area contributed by atoms with Gasteiger partial charge in [0.15, 0.2) is 0 Å². The van der Waals surface area contributed by atoms with Crippen LogP contribution in [0.15, 0.2) is 0 Å². The molecule has 1 aliphatic rings. The third kappa shape index (κ3) is 1.58. The second-order valence-electron chi connectivity index (χ2n) is 5.09. The minimum Gasteiger partial charge on any atom is -0.378 e. The molecule has 1 fully saturated rings. The van der Waals surface area contributed by atoms with E-state index in [4.69, 9.17) is 4.74 Å². The van der Waals surface area contributed by atoms with Crippen LogP contribution in [0, 0.1) is 10.8 Å². The normalized spacial score (nSPS) is 35.2. The molecule has 1 nitrogen and oxygen atoms in total. The first-order chi connectivity index (χ1) is 4.85. The van der Waals surface area contributed by atoms with E-state index in [1.54, 1.807) is 0 Å². The minimum absolute atomic E-state index is 0.333. The molecule has 0 N–H and O–H groups in total. The molecule has 1 heterocycles. The highest BCUT2D eigenvalue weighted by molar-refractivity contribution is 4.90. The predicted molar refractivity (Wildman–Crippen MR) is 47.6 cm³/mol. The maximum atomic E-state index is 5.63. The molecule has 1 rings (SSSR count). The summed E-state index contributed by atoms with van der Waals surface area (Å²) in [5.41, 5.74) is 0.754. The first-order valence-corrected chi connectivity index (χ1v) is 4.47. The molecule has 0 amide bonds. The van der Waals surface area contributed by atoms with E-state index < -0.39 is 0 Å². The molecule has 1 aliphatic heterocycles. The van der Waals surface area contributed by atoms with Gasteiger partial charge in [0.2, 0.25) is 0 Å². The van der Waals surface area contributed by atoms with Crippen LogP contribution in [-0.4, -0.2) is 12.7 Å². The molecule has 0 aromatic rings. The highest BCUT2D eigenvalue weighted by Crippen LogP contribution is 2.45. The summed E-state index contributed by atoms with van der Waals surface area (Å²) < 4.78 is 5.63. The number of rotatable bonds is 0. The lowest BCUT2D eigenvalue weighted by Gasteiger charge is -2.47. The molecular weight excluding hydrogens is 136 g/mol. The van der Waals surface area contributed by atoms with Crippen LogP contribution >= 0.6 is 0 Å². The van der Waals surface area contributed by atoms with Crippen LogP contribution < -0.4 is 0 Å². The highest BCUT2D eigenvalue weighted by atomic mass is 16.5. The molecule has 0 aliphatic carbocycles. The predicted octanol–water partition coefficient (Wildman–Crippen LogP) is 2.85. The van der Waals surface area contributed by atoms with Crippen molar-refractivity contribution in [2.24, 2.45) is 10.8 Å². The van der Waals surface area contributed by atoms with Gasteiger partial charge in [-0.1, -0.05) is 27.7 Å². The average molecular weight is 156 g/mol. The zero-order valence-corrected chi connectivity index (χ0v) is 8.40. The molecule has 1 saturated heterocycles. The fourth-order valence-corrected chi connectivity index (χ4v) is 1.60. The van der Waals surface area contributed by atoms with Gasteiger partial charge in [-0.2, -0.15) is 0 Å². The largest absolute Gasteiger partial charge is 0.378 e. The van der Waals surface area contributed by atoms with Crippen LogP contribution in [0.25, 0.3) is 0 Å². The van der Waals surface area contributed by atoms with Crippen molar-refractivity contribution < 1.29 is 4.74 Å². The highest BCUT2D eigenvalue weighted by Gasteiger charge is 2.41. The minimum atomic E-state index is 0.333. The Morgan fingerprint density at radius 3 is 2.00 bits per heavy atom. The van der Waals surface area contributed by atoms with Gasteiger partial charge >= 0.3 is 0 Å². The Balaban J connectivity index is 2.72. The van der Waals surface area contributed by atoms with Gasteiger partial charge < -0.3 is 4.74 Å². The molecule has 0 aromatic carbocycles. The lowest BCUT2D eigenvalue weighted by molar-refractivity contribution is -0.114. The summed E-state index contributed by atoms with van der Waals surface area (Å²) >= 11 is 0. The van der Waals surface area contributed by atoms with Crippen molar-refractivity contribution in [1.29, 1.82) is 0 Å². The summed E-state index contributed by atoms with van der Waals surface area (Å²) in [7, 11) is 0. The summed E-state index contributed by atoms with van der Waals surface area (Å²) in [4.78, 5) is 0. The van der Waals surface area contributed by atoms with Crippen LogP contribution in [0.2, 0.25) is 0 Å². The van der Waals surface area contributed by atoms with Crippen LogP contribution in [0.3, 0.4) is 0 Å². The molecule has 0 spiro atoms. The molecule has 1 heteroatoms. The van der Waals surface area contributed by atoms with Crippen molar-refractivity contribution in [2.75, 3.05) is 6.61 Å². The van der Waals surface area contributed by atoms with Gasteiger partial charge in [0.25, 0.3) is 0 Å². The lowest BCUT2D eigenvalue weighted by Crippen LogP contribution is -2.44. The Morgan fingerprint density at radius 1 is 1.09 bits per heavy atom. The number of hydrogen-bond acceptors (Lipinski definition) is 1. The fraction of sp³-hybridized carbons (Fsp3) is 1.00. The topological polar surface area (TPSA) is 9.23 Å². The zero-order valence-electron chi connectivity index (χ0n) is 8.40. The molecule has 0 bridgehead atoms. The van der Waals surface area contributed by atoms with Crippen LogP contribution in [0.5, 0.6) is 0 Å². The van der Waals surface area contributed by atoms with Gasteiger partial charge in [0, 0.05) is 0 Å². The first kappa shape index (κ1) is 9.05. The van der Waals surface area contributed by atoms with Crippen molar-refractivity contribution in [2.45, 2.75) is 47.1 Å². The molecule has 1 atom stereocenters. The van der Waals surface area contributed by atoms with E-state index in [9.17, 15) is 0 Å². The Labute approximate surface area is 70.1 Å². The summed E-state index contributed by atoms with van der Waals surface area (Å²) in [5.74, 6) is 0. The molecule has 11 heavy (non-hydrogen) atoms. The standard InChI is InChI=1S/C10H20O/c1-8-6-9(2,3)10(4,5)7-11-8/h8H,6-7H2,1-5H3. The molecule has 1 unspecified atom stereocenters. The van der Waals surface area contributed by atoms with Gasteiger partial charge in [-0.05, 0) is 24.2 Å². The van der Waals surface area contributed by atoms with Gasteiger partial charge in [0.1, 0.15) is 0 Å². The maximum absolute atomic E-state index is 5.63. The van der Waals surface area contributed by atoms with E-state index in [-0.39, 0.29) is 0 Å².